The second-order valence-corrected chi connectivity index (χ2v) is 15.7. The van der Waals surface area contributed by atoms with E-state index >= 15 is 0 Å². The molecule has 15 heteroatoms. The molecule has 5 atom stereocenters. The lowest BCUT2D eigenvalue weighted by molar-refractivity contribution is -0.130. The maximum Gasteiger partial charge on any atom is 0.250 e. The van der Waals surface area contributed by atoms with E-state index in [4.69, 9.17) is 47.5 Å². The van der Waals surface area contributed by atoms with Crippen molar-refractivity contribution in [2.75, 3.05) is 0 Å². The van der Waals surface area contributed by atoms with Crippen molar-refractivity contribution in [2.45, 2.75) is 63.9 Å². The molecule has 0 saturated heterocycles. The zero-order valence-corrected chi connectivity index (χ0v) is 31.5. The molecule has 6 aromatic rings. The lowest BCUT2D eigenvalue weighted by Crippen LogP contribution is -2.54. The second-order valence-electron chi connectivity index (χ2n) is 15.0. The van der Waals surface area contributed by atoms with Crippen molar-refractivity contribution in [3.63, 3.8) is 0 Å². The number of aromatic amines is 1. The molecule has 3 aromatic heterocycles. The number of amides is 2. The molecule has 2 amide bonds. The van der Waals surface area contributed by atoms with Crippen molar-refractivity contribution < 1.29 is 33.4 Å². The number of aromatic nitrogens is 3. The van der Waals surface area contributed by atoms with E-state index < -0.39 is 41.6 Å². The molecule has 9 rings (SSSR count). The Kier molecular flexibility index (Phi) is 8.10. The van der Waals surface area contributed by atoms with E-state index in [1.165, 1.54) is 6.07 Å². The number of aliphatic hydroxyl groups excluding tert-OH is 1. The molecule has 10 bridgehead atoms. The quantitative estimate of drug-likeness (QED) is 0.117. The Hall–Kier alpha value is -5.34. The third kappa shape index (κ3) is 5.13. The van der Waals surface area contributed by atoms with Gasteiger partial charge >= 0.3 is 0 Å². The molecule has 55 heavy (non-hydrogen) atoms. The molecule has 3 aliphatic rings. The molecule has 0 aliphatic carbocycles. The Morgan fingerprint density at radius 1 is 1.04 bits per heavy atom. The molecule has 7 N–H and O–H groups in total. The van der Waals surface area contributed by atoms with Gasteiger partial charge in [0.2, 0.25) is 24.0 Å². The van der Waals surface area contributed by atoms with Crippen molar-refractivity contribution in [2.24, 2.45) is 17.6 Å². The van der Waals surface area contributed by atoms with Gasteiger partial charge in [0.1, 0.15) is 34.2 Å². The van der Waals surface area contributed by atoms with Crippen LogP contribution in [0.15, 0.2) is 63.4 Å². The number of nitrogens with two attached hydrogens (primary N) is 1. The molecule has 13 nitrogen and oxygen atoms in total. The summed E-state index contributed by atoms with van der Waals surface area (Å²) in [6.07, 6.45) is -1.70. The number of H-pyrrole nitrogens is 1. The number of hydrogen-bond donors (Lipinski definition) is 6. The first-order valence-electron chi connectivity index (χ1n) is 17.9. The lowest BCUT2D eigenvalue weighted by atomic mass is 9.70. The average molecular weight is 784 g/mol. The van der Waals surface area contributed by atoms with E-state index in [0.717, 1.165) is 0 Å². The van der Waals surface area contributed by atoms with Crippen LogP contribution in [-0.4, -0.2) is 55.4 Å². The molecule has 6 heterocycles. The third-order valence-electron chi connectivity index (χ3n) is 10.9. The third-order valence-corrected chi connectivity index (χ3v) is 11.5. The molecule has 0 fully saturated rings. The van der Waals surface area contributed by atoms with Crippen LogP contribution in [-0.2, 0) is 21.4 Å². The van der Waals surface area contributed by atoms with Crippen LogP contribution in [0.1, 0.15) is 62.1 Å². The number of ether oxygens (including phenoxy) is 1. The summed E-state index contributed by atoms with van der Waals surface area (Å²) in [7, 11) is 0. The number of aromatic hydroxyl groups is 1. The first-order chi connectivity index (χ1) is 26.3. The Morgan fingerprint density at radius 2 is 1.80 bits per heavy atom. The van der Waals surface area contributed by atoms with Crippen molar-refractivity contribution in [1.82, 2.24) is 25.6 Å². The monoisotopic (exact) mass is 782 g/mol. The topological polar surface area (TPSA) is 202 Å². The lowest BCUT2D eigenvalue weighted by Gasteiger charge is -2.32. The van der Waals surface area contributed by atoms with E-state index in [9.17, 15) is 19.8 Å². The Labute approximate surface area is 324 Å². The van der Waals surface area contributed by atoms with Crippen LogP contribution < -0.4 is 21.1 Å². The molecule has 282 valence electrons. The van der Waals surface area contributed by atoms with Crippen molar-refractivity contribution >= 4 is 45.9 Å². The highest BCUT2D eigenvalue weighted by Gasteiger charge is 2.58. The molecule has 1 spiro atoms. The van der Waals surface area contributed by atoms with Gasteiger partial charge in [-0.05, 0) is 35.1 Å². The SMILES string of the molecule is CC(C)C(N)C(=O)N[C@H]1Cc2ccc(O)c(c2)[C@@]23c4cccc(c4O[C@H]2O)-c2cccc4[nH]c(Cl)c(c24)-c2oc(nc2Cl)-c2nc(oc23)[C@H](C(C)C)NC1=O. The normalized spacial score (nSPS) is 21.6. The van der Waals surface area contributed by atoms with E-state index in [1.807, 2.05) is 58.0 Å². The molecule has 3 aliphatic heterocycles. The highest BCUT2D eigenvalue weighted by atomic mass is 35.5. The summed E-state index contributed by atoms with van der Waals surface area (Å²) in [5.74, 6) is -1.24. The Morgan fingerprint density at radius 3 is 2.56 bits per heavy atom. The molecule has 0 radical (unpaired) electrons. The van der Waals surface area contributed by atoms with Crippen molar-refractivity contribution in [3.05, 3.63) is 93.2 Å². The van der Waals surface area contributed by atoms with Crippen LogP contribution in [0, 0.1) is 11.8 Å². The van der Waals surface area contributed by atoms with Crippen LogP contribution in [0.4, 0.5) is 0 Å². The number of halogens is 2. The first-order valence-corrected chi connectivity index (χ1v) is 18.7. The second kappa shape index (κ2) is 12.6. The number of nitrogens with one attached hydrogen (secondary N) is 3. The van der Waals surface area contributed by atoms with E-state index in [2.05, 4.69) is 20.6 Å². The highest BCUT2D eigenvalue weighted by molar-refractivity contribution is 6.37. The van der Waals surface area contributed by atoms with Crippen LogP contribution in [0.3, 0.4) is 0 Å². The number of phenols is 1. The maximum atomic E-state index is 14.2. The summed E-state index contributed by atoms with van der Waals surface area (Å²) in [4.78, 5) is 40.3. The van der Waals surface area contributed by atoms with Gasteiger partial charge in [0.15, 0.2) is 22.4 Å². The number of nitrogens with zero attached hydrogens (tertiary/aromatic N) is 2. The van der Waals surface area contributed by atoms with E-state index in [0.29, 0.717) is 44.5 Å². The van der Waals surface area contributed by atoms with Crippen LogP contribution in [0.2, 0.25) is 10.3 Å². The summed E-state index contributed by atoms with van der Waals surface area (Å²) in [5, 5.41) is 31.2. The summed E-state index contributed by atoms with van der Waals surface area (Å²) >= 11 is 13.8. The fourth-order valence-electron chi connectivity index (χ4n) is 8.06. The molecule has 1 unspecified atom stereocenters. The van der Waals surface area contributed by atoms with Gasteiger partial charge in [-0.15, -0.1) is 0 Å². The van der Waals surface area contributed by atoms with Gasteiger partial charge in [0.25, 0.3) is 5.89 Å². The summed E-state index contributed by atoms with van der Waals surface area (Å²) < 4.78 is 19.8. The minimum Gasteiger partial charge on any atom is -0.508 e. The zero-order chi connectivity index (χ0) is 38.7. The van der Waals surface area contributed by atoms with Gasteiger partial charge in [-0.3, -0.25) is 9.59 Å². The number of benzene rings is 3. The predicted octanol–water partition coefficient (Wildman–Crippen LogP) is 6.35. The Balaban J connectivity index is 1.40. The summed E-state index contributed by atoms with van der Waals surface area (Å²) in [6.45, 7) is 7.39. The van der Waals surface area contributed by atoms with Gasteiger partial charge in [-0.25, -0.2) is 4.98 Å². The fourth-order valence-corrected chi connectivity index (χ4v) is 8.55. The number of carbonyl (C=O) groups is 2. The number of oxazole rings is 2. The minimum atomic E-state index is -1.80. The molecule has 3 aromatic carbocycles. The molecular formula is C40H36Cl2N6O7. The first kappa shape index (κ1) is 35.4. The van der Waals surface area contributed by atoms with E-state index in [1.54, 1.807) is 18.2 Å². The zero-order valence-electron chi connectivity index (χ0n) is 30.0. The van der Waals surface area contributed by atoms with Gasteiger partial charge in [-0.2, -0.15) is 4.98 Å². The number of aliphatic hydroxyl groups is 1. The smallest absolute Gasteiger partial charge is 0.250 e. The van der Waals surface area contributed by atoms with Crippen LogP contribution in [0.5, 0.6) is 11.5 Å². The highest BCUT2D eigenvalue weighted by Crippen LogP contribution is 2.59. The van der Waals surface area contributed by atoms with Gasteiger partial charge in [0.05, 0.1) is 11.6 Å². The van der Waals surface area contributed by atoms with Crippen LogP contribution in [0.25, 0.3) is 44.9 Å². The number of para-hydroxylation sites is 1. The van der Waals surface area contributed by atoms with Gasteiger partial charge < -0.3 is 45.1 Å². The predicted molar refractivity (Wildman–Crippen MR) is 204 cm³/mol. The van der Waals surface area contributed by atoms with Gasteiger partial charge in [0, 0.05) is 34.0 Å². The van der Waals surface area contributed by atoms with E-state index in [-0.39, 0.29) is 68.9 Å². The molecular weight excluding hydrogens is 747 g/mol. The number of carbonyl (C=O) groups excluding carboxylic acids is 2. The molecule has 0 saturated carbocycles. The average Bonchev–Trinajstić information content (AvgIpc) is 3.90. The number of phenolic OH excluding ortho intramolecular Hbond substituents is 1. The van der Waals surface area contributed by atoms with Crippen molar-refractivity contribution in [3.8, 4) is 45.5 Å². The van der Waals surface area contributed by atoms with Crippen molar-refractivity contribution in [1.29, 1.82) is 0 Å². The van der Waals surface area contributed by atoms with Crippen LogP contribution >= 0.6 is 23.2 Å². The maximum absolute atomic E-state index is 14.2. The van der Waals surface area contributed by atoms with Gasteiger partial charge in [-0.1, -0.05) is 93.4 Å². The fraction of sp³-hybridized carbons (Fsp3) is 0.300. The largest absolute Gasteiger partial charge is 0.508 e. The standard InChI is InChI=1S/C40H36Cl2N6O7/c1-15(2)27(43)36(51)45-23-14-17-11-12-24(49)21(13-17)40-20-9-5-8-19(30(20)54-39(40)52)18-7-6-10-22-25(18)26(33(41)44-22)31-34(42)48-38(53-31)29-32(40)55-37(47-29)28(16(3)4)46-35(23)50/h5-13,15-16,23,27-28,39,44,49,52H,14,43H2,1-4H3,(H,45,51)(H,46,50)/t23-,27?,28-,39+,40+/m0/s1. The summed E-state index contributed by atoms with van der Waals surface area (Å²) in [6, 6.07) is 13.1. The number of rotatable bonds is 4. The number of fused-ring (bicyclic) bond motifs is 8. The Bertz CT molecular complexity index is 2580. The minimum absolute atomic E-state index is 0.0107. The number of hydrogen-bond acceptors (Lipinski definition) is 10. The summed E-state index contributed by atoms with van der Waals surface area (Å²) in [5.41, 5.74) is 8.06.